The van der Waals surface area contributed by atoms with Crippen molar-refractivity contribution in [1.82, 2.24) is 0 Å². The van der Waals surface area contributed by atoms with Gasteiger partial charge < -0.3 is 20.4 Å². The summed E-state index contributed by atoms with van der Waals surface area (Å²) in [5.41, 5.74) is 0. The molecule has 0 aromatic heterocycles. The van der Waals surface area contributed by atoms with Crippen molar-refractivity contribution in [3.05, 3.63) is 24.7 Å². The zero-order chi connectivity index (χ0) is 15.7. The van der Waals surface area contributed by atoms with Crippen molar-refractivity contribution in [1.29, 1.82) is 10.8 Å². The van der Waals surface area contributed by atoms with Crippen molar-refractivity contribution in [3.8, 4) is 0 Å². The summed E-state index contributed by atoms with van der Waals surface area (Å²) in [4.78, 5) is 35.4. The summed E-state index contributed by atoms with van der Waals surface area (Å²) < 4.78 is 0. The van der Waals surface area contributed by atoms with Crippen LogP contribution in [0.25, 0.3) is 0 Å². The van der Waals surface area contributed by atoms with E-state index in [0.717, 1.165) is 12.2 Å². The third-order valence-electron chi connectivity index (χ3n) is 0.494. The van der Waals surface area contributed by atoms with Gasteiger partial charge in [-0.15, -0.1) is 0 Å². The van der Waals surface area contributed by atoms with E-state index in [-0.39, 0.29) is 0 Å². The zero-order valence-corrected chi connectivity index (χ0v) is 8.84. The lowest BCUT2D eigenvalue weighted by Gasteiger charge is -1.79. The number of aliphatic hydroxyl groups is 2. The highest BCUT2D eigenvalue weighted by molar-refractivity contribution is 5.83. The van der Waals surface area contributed by atoms with Crippen LogP contribution in [0.3, 0.4) is 0 Å². The third kappa shape index (κ3) is 77.6. The number of carbonyl (C=O) groups is 2. The summed E-state index contributed by atoms with van der Waals surface area (Å²) >= 11 is 0. The number of aliphatic carboxylic acids is 2. The van der Waals surface area contributed by atoms with Crippen LogP contribution in [0, 0.1) is 10.8 Å². The average molecular weight is 262 g/mol. The van der Waals surface area contributed by atoms with Gasteiger partial charge in [0, 0.05) is 0 Å². The number of hydrogen-bond donors (Lipinski definition) is 6. The molecule has 0 unspecified atom stereocenters. The molecule has 100 valence electrons. The molecule has 0 radical (unpaired) electrons. The lowest BCUT2D eigenvalue weighted by Crippen LogP contribution is -1.95. The van der Waals surface area contributed by atoms with Crippen LogP contribution in [-0.2, 0) is 19.2 Å². The molecule has 0 saturated heterocycles. The van der Waals surface area contributed by atoms with Crippen LogP contribution in [0.15, 0.2) is 24.7 Å². The molecule has 10 heteroatoms. The van der Waals surface area contributed by atoms with E-state index in [1.165, 1.54) is 0 Å². The maximum atomic E-state index is 9.35. The highest BCUT2D eigenvalue weighted by atomic mass is 16.4. The molecule has 6 N–H and O–H groups in total. The summed E-state index contributed by atoms with van der Waals surface area (Å²) in [5.74, 6) is -4.41. The van der Waals surface area contributed by atoms with Crippen LogP contribution in [0.1, 0.15) is 0 Å². The molecule has 18 heavy (non-hydrogen) atoms. The third-order valence-corrected chi connectivity index (χ3v) is 0.494. The van der Waals surface area contributed by atoms with E-state index >= 15 is 0 Å². The van der Waals surface area contributed by atoms with Crippen molar-refractivity contribution in [2.45, 2.75) is 0 Å². The monoisotopic (exact) mass is 262 g/mol. The normalized spacial score (nSPS) is 5.78. The van der Waals surface area contributed by atoms with Crippen LogP contribution >= 0.6 is 0 Å². The largest absolute Gasteiger partial charge is 0.502 e. The highest BCUT2D eigenvalue weighted by Gasteiger charge is 1.94. The molecular weight excluding hydrogens is 252 g/mol. The molecule has 0 aromatic carbocycles. The summed E-state index contributed by atoms with van der Waals surface area (Å²) in [6.07, 6.45) is 1.50. The Bertz CT molecular complexity index is 301. The summed E-state index contributed by atoms with van der Waals surface area (Å²) in [6.45, 7) is 5.42. The SMILES string of the molecule is C=C(O)C(=O)O.C=C(O)C(=O)O.N=C=O.N=C=O. The molecule has 0 amide bonds. The van der Waals surface area contributed by atoms with Crippen molar-refractivity contribution in [3.63, 3.8) is 0 Å². The van der Waals surface area contributed by atoms with Crippen LogP contribution in [0.2, 0.25) is 0 Å². The van der Waals surface area contributed by atoms with Gasteiger partial charge in [0.2, 0.25) is 12.2 Å². The van der Waals surface area contributed by atoms with E-state index < -0.39 is 23.5 Å². The van der Waals surface area contributed by atoms with Gasteiger partial charge in [0.15, 0.2) is 11.5 Å². The molecule has 0 heterocycles. The van der Waals surface area contributed by atoms with Gasteiger partial charge in [-0.25, -0.2) is 30.0 Å². The van der Waals surface area contributed by atoms with Crippen LogP contribution in [-0.4, -0.2) is 44.5 Å². The summed E-state index contributed by atoms with van der Waals surface area (Å²) in [7, 11) is 0. The number of aliphatic hydroxyl groups excluding tert-OH is 2. The molecule has 0 spiro atoms. The standard InChI is InChI=1S/2C3H4O3.2CHNO/c2*1-2(4)3(5)6;2*2-1-3/h2*4H,1H2,(H,5,6);2*2H. The number of carbonyl (C=O) groups excluding carboxylic acids is 2. The van der Waals surface area contributed by atoms with Gasteiger partial charge >= 0.3 is 11.9 Å². The Morgan fingerprint density at radius 2 is 0.833 bits per heavy atom. The average Bonchev–Trinajstić information content (AvgIpc) is 2.20. The van der Waals surface area contributed by atoms with E-state index in [0.29, 0.717) is 0 Å². The molecule has 0 saturated carbocycles. The van der Waals surface area contributed by atoms with Gasteiger partial charge in [0.1, 0.15) is 0 Å². The maximum absolute atomic E-state index is 9.35. The van der Waals surface area contributed by atoms with Crippen molar-refractivity contribution >= 4 is 24.1 Å². The predicted octanol–water partition coefficient (Wildman–Crippen LogP) is 0.0873. The topological polar surface area (TPSA) is 197 Å². The first-order chi connectivity index (χ1) is 8.11. The first-order valence-corrected chi connectivity index (χ1v) is 3.42. The fourth-order valence-electron chi connectivity index (χ4n) is 0. The predicted molar refractivity (Wildman–Crippen MR) is 55.6 cm³/mol. The lowest BCUT2D eigenvalue weighted by molar-refractivity contribution is -0.136. The lowest BCUT2D eigenvalue weighted by atomic mass is 10.6. The van der Waals surface area contributed by atoms with Crippen LogP contribution in [0.5, 0.6) is 0 Å². The summed E-state index contributed by atoms with van der Waals surface area (Å²) in [5, 5.41) is 41.8. The Morgan fingerprint density at radius 1 is 0.778 bits per heavy atom. The van der Waals surface area contributed by atoms with Gasteiger partial charge in [0.05, 0.1) is 0 Å². The number of nitrogens with one attached hydrogen (secondary N) is 2. The van der Waals surface area contributed by atoms with Crippen molar-refractivity contribution < 1.29 is 39.6 Å². The second kappa shape index (κ2) is 19.4. The first kappa shape index (κ1) is 24.2. The molecule has 0 aliphatic heterocycles. The highest BCUT2D eigenvalue weighted by Crippen LogP contribution is 1.75. The number of hydrogen-bond acceptors (Lipinski definition) is 8. The second-order valence-electron chi connectivity index (χ2n) is 1.71. The fraction of sp³-hybridized carbons (Fsp3) is 0. The number of carboxylic acids is 2. The molecule has 0 aromatic rings. The van der Waals surface area contributed by atoms with Gasteiger partial charge in [-0.2, -0.15) is 0 Å². The van der Waals surface area contributed by atoms with E-state index in [1.807, 2.05) is 0 Å². The minimum Gasteiger partial charge on any atom is -0.502 e. The summed E-state index contributed by atoms with van der Waals surface area (Å²) in [6, 6.07) is 0. The first-order valence-electron chi connectivity index (χ1n) is 3.42. The zero-order valence-electron chi connectivity index (χ0n) is 8.84. The molecule has 0 aliphatic rings. The Labute approximate surface area is 100 Å². The van der Waals surface area contributed by atoms with Gasteiger partial charge in [-0.05, 0) is 13.2 Å². The minimum atomic E-state index is -1.38. The van der Waals surface area contributed by atoms with Crippen LogP contribution < -0.4 is 0 Å². The fourth-order valence-corrected chi connectivity index (χ4v) is 0. The van der Waals surface area contributed by atoms with Gasteiger partial charge in [0.25, 0.3) is 0 Å². The Balaban J connectivity index is -0.0000000770. The van der Waals surface area contributed by atoms with E-state index in [9.17, 15) is 9.59 Å². The molecule has 10 nitrogen and oxygen atoms in total. The quantitative estimate of drug-likeness (QED) is 0.174. The molecule has 0 aliphatic carbocycles. The molecule has 0 rings (SSSR count). The van der Waals surface area contributed by atoms with Gasteiger partial charge in [-0.1, -0.05) is 0 Å². The van der Waals surface area contributed by atoms with Crippen molar-refractivity contribution in [2.24, 2.45) is 0 Å². The second-order valence-corrected chi connectivity index (χ2v) is 1.71. The molecule has 0 atom stereocenters. The smallest absolute Gasteiger partial charge is 0.370 e. The number of isocyanates is 2. The van der Waals surface area contributed by atoms with Crippen molar-refractivity contribution in [2.75, 3.05) is 0 Å². The van der Waals surface area contributed by atoms with Gasteiger partial charge in [-0.3, -0.25) is 0 Å². The molecular formula is C8H10N2O8. The van der Waals surface area contributed by atoms with E-state index in [2.05, 4.69) is 13.2 Å². The van der Waals surface area contributed by atoms with E-state index in [1.54, 1.807) is 0 Å². The molecule has 0 bridgehead atoms. The maximum Gasteiger partial charge on any atom is 0.370 e. The Hall–Kier alpha value is -3.22. The Kier molecular flexibility index (Phi) is 26.0. The minimum absolute atomic E-state index is 0.750. The van der Waals surface area contributed by atoms with E-state index in [4.69, 9.17) is 40.8 Å². The Morgan fingerprint density at radius 3 is 0.833 bits per heavy atom. The molecule has 0 fully saturated rings. The van der Waals surface area contributed by atoms with Crippen LogP contribution in [0.4, 0.5) is 0 Å². The number of rotatable bonds is 2. The number of carboxylic acid groups (broad SMARTS) is 2.